The Bertz CT molecular complexity index is 711. The smallest absolute Gasteiger partial charge is 0.246 e. The average molecular weight is 293 g/mol. The van der Waals surface area contributed by atoms with Crippen molar-refractivity contribution in [1.82, 2.24) is 0 Å². The third-order valence-electron chi connectivity index (χ3n) is 3.26. The molecule has 0 unspecified atom stereocenters. The zero-order valence-electron chi connectivity index (χ0n) is 13.0. The fourth-order valence-electron chi connectivity index (χ4n) is 2.29. The monoisotopic (exact) mass is 293 g/mol. The summed E-state index contributed by atoms with van der Waals surface area (Å²) in [5.41, 5.74) is 4.37. The molecule has 2 rings (SSSR count). The lowest BCUT2D eigenvalue weighted by Gasteiger charge is -2.16. The summed E-state index contributed by atoms with van der Waals surface area (Å²) in [6.45, 7) is 5.85. The summed E-state index contributed by atoms with van der Waals surface area (Å²) in [5.74, 6) is -0.144. The van der Waals surface area contributed by atoms with E-state index in [1.807, 2.05) is 26.0 Å². The van der Waals surface area contributed by atoms with Crippen LogP contribution >= 0.6 is 0 Å². The van der Waals surface area contributed by atoms with Crippen LogP contribution < -0.4 is 10.6 Å². The molecule has 0 spiro atoms. The summed E-state index contributed by atoms with van der Waals surface area (Å²) in [5, 5.41) is 14.9. The van der Waals surface area contributed by atoms with Crippen LogP contribution in [0.25, 0.3) is 0 Å². The molecule has 2 aromatic rings. The van der Waals surface area contributed by atoms with Gasteiger partial charge in [0.2, 0.25) is 5.91 Å². The van der Waals surface area contributed by atoms with E-state index in [-0.39, 0.29) is 11.9 Å². The van der Waals surface area contributed by atoms with Gasteiger partial charge in [0.05, 0.1) is 11.6 Å². The first kappa shape index (κ1) is 15.6. The molecule has 1 amide bonds. The van der Waals surface area contributed by atoms with Crippen molar-refractivity contribution in [1.29, 1.82) is 5.26 Å². The Morgan fingerprint density at radius 2 is 1.77 bits per heavy atom. The van der Waals surface area contributed by atoms with Crippen molar-refractivity contribution in [2.75, 3.05) is 10.6 Å². The molecule has 0 aliphatic rings. The molecular weight excluding hydrogens is 274 g/mol. The van der Waals surface area contributed by atoms with Gasteiger partial charge in [0, 0.05) is 11.4 Å². The van der Waals surface area contributed by atoms with Crippen LogP contribution in [0.5, 0.6) is 0 Å². The maximum atomic E-state index is 12.2. The number of nitrogens with one attached hydrogen (secondary N) is 2. The first-order chi connectivity index (χ1) is 10.5. The molecule has 112 valence electrons. The fraction of sp³-hybridized carbons (Fsp3) is 0.222. The van der Waals surface area contributed by atoms with Crippen LogP contribution in [0.4, 0.5) is 11.4 Å². The molecule has 2 aromatic carbocycles. The number of nitrogens with zero attached hydrogens (tertiary/aromatic N) is 1. The minimum absolute atomic E-state index is 0.144. The number of aryl methyl sites for hydroxylation is 2. The quantitative estimate of drug-likeness (QED) is 0.905. The van der Waals surface area contributed by atoms with Gasteiger partial charge < -0.3 is 10.6 Å². The van der Waals surface area contributed by atoms with E-state index in [0.717, 1.165) is 16.8 Å². The van der Waals surface area contributed by atoms with Crippen LogP contribution in [0.15, 0.2) is 42.5 Å². The predicted octanol–water partition coefficient (Wildman–Crippen LogP) is 3.61. The lowest BCUT2D eigenvalue weighted by atomic mass is 10.1. The van der Waals surface area contributed by atoms with Gasteiger partial charge in [0.25, 0.3) is 0 Å². The van der Waals surface area contributed by atoms with Gasteiger partial charge >= 0.3 is 0 Å². The number of amides is 1. The molecule has 0 saturated carbocycles. The van der Waals surface area contributed by atoms with Gasteiger partial charge in [-0.3, -0.25) is 4.79 Å². The molecule has 0 aliphatic carbocycles. The first-order valence-electron chi connectivity index (χ1n) is 7.14. The van der Waals surface area contributed by atoms with Crippen LogP contribution in [-0.2, 0) is 4.79 Å². The van der Waals surface area contributed by atoms with Crippen molar-refractivity contribution < 1.29 is 4.79 Å². The molecule has 0 saturated heterocycles. The van der Waals surface area contributed by atoms with E-state index in [0.29, 0.717) is 11.3 Å². The minimum atomic E-state index is -0.382. The van der Waals surface area contributed by atoms with Crippen molar-refractivity contribution in [3.05, 3.63) is 59.2 Å². The van der Waals surface area contributed by atoms with Gasteiger partial charge in [-0.1, -0.05) is 12.1 Å². The van der Waals surface area contributed by atoms with Crippen molar-refractivity contribution >= 4 is 17.3 Å². The zero-order valence-corrected chi connectivity index (χ0v) is 13.0. The molecule has 0 aliphatic heterocycles. The second-order valence-electron chi connectivity index (χ2n) is 5.42. The van der Waals surface area contributed by atoms with E-state index in [1.54, 1.807) is 31.2 Å². The first-order valence-corrected chi connectivity index (χ1v) is 7.14. The summed E-state index contributed by atoms with van der Waals surface area (Å²) < 4.78 is 0. The van der Waals surface area contributed by atoms with E-state index < -0.39 is 0 Å². The SMILES string of the molecule is Cc1cc(C)cc(N[C@@H](C)C(=O)Nc2cccc(C#N)c2)c1. The second kappa shape index (κ2) is 6.77. The van der Waals surface area contributed by atoms with E-state index in [2.05, 4.69) is 22.8 Å². The summed E-state index contributed by atoms with van der Waals surface area (Å²) >= 11 is 0. The topological polar surface area (TPSA) is 64.9 Å². The molecule has 0 heterocycles. The van der Waals surface area contributed by atoms with E-state index >= 15 is 0 Å². The number of hydrogen-bond donors (Lipinski definition) is 2. The van der Waals surface area contributed by atoms with Gasteiger partial charge in [-0.25, -0.2) is 0 Å². The Morgan fingerprint density at radius 3 is 2.41 bits per heavy atom. The third-order valence-corrected chi connectivity index (χ3v) is 3.26. The third kappa shape index (κ3) is 4.10. The lowest BCUT2D eigenvalue weighted by Crippen LogP contribution is -2.31. The molecule has 2 N–H and O–H groups in total. The number of carbonyl (C=O) groups excluding carboxylic acids is 1. The molecule has 4 heteroatoms. The van der Waals surface area contributed by atoms with Crippen LogP contribution in [0.3, 0.4) is 0 Å². The number of rotatable bonds is 4. The van der Waals surface area contributed by atoms with Gasteiger partial charge in [-0.05, 0) is 62.2 Å². The highest BCUT2D eigenvalue weighted by atomic mass is 16.2. The summed E-state index contributed by atoms with van der Waals surface area (Å²) in [4.78, 5) is 12.2. The number of benzene rings is 2. The lowest BCUT2D eigenvalue weighted by molar-refractivity contribution is -0.116. The number of anilines is 2. The Labute approximate surface area is 130 Å². The summed E-state index contributed by atoms with van der Waals surface area (Å²) in [6.07, 6.45) is 0. The van der Waals surface area contributed by atoms with Gasteiger partial charge in [0.15, 0.2) is 0 Å². The molecule has 22 heavy (non-hydrogen) atoms. The summed E-state index contributed by atoms with van der Waals surface area (Å²) in [6, 6.07) is 14.6. The van der Waals surface area contributed by atoms with Gasteiger partial charge in [-0.15, -0.1) is 0 Å². The normalized spacial score (nSPS) is 11.4. The van der Waals surface area contributed by atoms with E-state index in [1.165, 1.54) is 0 Å². The predicted molar refractivity (Wildman–Crippen MR) is 88.8 cm³/mol. The van der Waals surface area contributed by atoms with Crippen molar-refractivity contribution in [3.63, 3.8) is 0 Å². The van der Waals surface area contributed by atoms with Crippen LogP contribution in [0, 0.1) is 25.2 Å². The zero-order chi connectivity index (χ0) is 16.1. The van der Waals surface area contributed by atoms with Crippen molar-refractivity contribution in [3.8, 4) is 6.07 Å². The van der Waals surface area contributed by atoms with Crippen molar-refractivity contribution in [2.45, 2.75) is 26.8 Å². The maximum Gasteiger partial charge on any atom is 0.246 e. The summed E-state index contributed by atoms with van der Waals surface area (Å²) in [7, 11) is 0. The van der Waals surface area contributed by atoms with Crippen LogP contribution in [0.2, 0.25) is 0 Å². The Hall–Kier alpha value is -2.80. The molecule has 4 nitrogen and oxygen atoms in total. The van der Waals surface area contributed by atoms with Crippen LogP contribution in [0.1, 0.15) is 23.6 Å². The highest BCUT2D eigenvalue weighted by molar-refractivity contribution is 5.96. The molecular formula is C18H19N3O. The molecule has 0 radical (unpaired) electrons. The fourth-order valence-corrected chi connectivity index (χ4v) is 2.29. The standard InChI is InChI=1S/C18H19N3O/c1-12-7-13(2)9-17(8-12)20-14(3)18(22)21-16-6-4-5-15(10-16)11-19/h4-10,14,20H,1-3H3,(H,21,22)/t14-/m0/s1. The Balaban J connectivity index is 2.04. The van der Waals surface area contributed by atoms with Gasteiger partial charge in [0.1, 0.15) is 6.04 Å². The highest BCUT2D eigenvalue weighted by Gasteiger charge is 2.13. The minimum Gasteiger partial charge on any atom is -0.374 e. The maximum absolute atomic E-state index is 12.2. The molecule has 1 atom stereocenters. The van der Waals surface area contributed by atoms with E-state index in [4.69, 9.17) is 5.26 Å². The number of carbonyl (C=O) groups is 1. The second-order valence-corrected chi connectivity index (χ2v) is 5.42. The molecule has 0 aromatic heterocycles. The average Bonchev–Trinajstić information content (AvgIpc) is 2.46. The number of hydrogen-bond acceptors (Lipinski definition) is 3. The Morgan fingerprint density at radius 1 is 1.09 bits per heavy atom. The molecule has 0 bridgehead atoms. The molecule has 0 fully saturated rings. The largest absolute Gasteiger partial charge is 0.374 e. The Kier molecular flexibility index (Phi) is 4.80. The number of nitriles is 1. The van der Waals surface area contributed by atoms with Crippen LogP contribution in [-0.4, -0.2) is 11.9 Å². The van der Waals surface area contributed by atoms with Crippen molar-refractivity contribution in [2.24, 2.45) is 0 Å². The highest BCUT2D eigenvalue weighted by Crippen LogP contribution is 2.16. The van der Waals surface area contributed by atoms with Gasteiger partial charge in [-0.2, -0.15) is 5.26 Å². The van der Waals surface area contributed by atoms with E-state index in [9.17, 15) is 4.79 Å².